The number of anilines is 3. The number of nitrogens with one attached hydrogen (secondary N) is 3. The van der Waals surface area contributed by atoms with Crippen molar-refractivity contribution >= 4 is 71.1 Å². The number of aromatic nitrogens is 3. The Kier molecular flexibility index (Phi) is 16.7. The number of nitrogens with zero attached hydrogens (tertiary/aromatic N) is 11. The van der Waals surface area contributed by atoms with Gasteiger partial charge in [0.25, 0.3) is 0 Å². The fourth-order valence-corrected chi connectivity index (χ4v) is 11.7. The molecule has 0 saturated carbocycles. The summed E-state index contributed by atoms with van der Waals surface area (Å²) in [5.41, 5.74) is 5.83. The van der Waals surface area contributed by atoms with Crippen LogP contribution in [0.3, 0.4) is 0 Å². The number of urea groups is 1. The average Bonchev–Trinajstić information content (AvgIpc) is 3.89. The van der Waals surface area contributed by atoms with Gasteiger partial charge in [-0.15, -0.1) is 0 Å². The minimum atomic E-state index is -1.09. The highest BCUT2D eigenvalue weighted by atomic mass is 32.2. The number of aliphatic hydroxyl groups is 1. The fraction of sp³-hybridized carbons (Fsp3) is 0.773. The molecule has 0 aromatic carbocycles. The van der Waals surface area contributed by atoms with Crippen LogP contribution in [0.2, 0.25) is 0 Å². The number of hydrogen-bond donors (Lipinski definition) is 5. The number of piperazine rings is 4. The molecule has 7 heterocycles. The summed E-state index contributed by atoms with van der Waals surface area (Å²) in [5.74, 6) is 0.381. The number of aliphatic hydroxyl groups excluding tert-OH is 1. The molecule has 7 rings (SSSR count). The normalized spacial score (nSPS) is 26.0. The molecule has 0 bridgehead atoms. The van der Waals surface area contributed by atoms with Crippen LogP contribution in [-0.4, -0.2) is 237 Å². The molecule has 8 amide bonds. The topological polar surface area (TPSA) is 266 Å². The Balaban J connectivity index is 1.01. The van der Waals surface area contributed by atoms with E-state index in [0.29, 0.717) is 114 Å². The smallest absolute Gasteiger partial charge is 0.315 e. The van der Waals surface area contributed by atoms with Gasteiger partial charge in [0.1, 0.15) is 37.8 Å². The second-order valence-corrected chi connectivity index (χ2v) is 20.2. The summed E-state index contributed by atoms with van der Waals surface area (Å²) in [7, 11) is 3.13. The second-order valence-electron chi connectivity index (χ2n) is 19.0. The Bertz CT molecular complexity index is 2020. The highest BCUT2D eigenvalue weighted by molar-refractivity contribution is 8.00. The Morgan fingerprint density at radius 1 is 0.809 bits per heavy atom. The molecule has 376 valence electrons. The summed E-state index contributed by atoms with van der Waals surface area (Å²) >= 11 is 1.89. The zero-order chi connectivity index (χ0) is 48.8. The van der Waals surface area contributed by atoms with Crippen molar-refractivity contribution in [1.82, 2.24) is 55.0 Å². The maximum Gasteiger partial charge on any atom is 0.315 e. The molecule has 6 aliphatic heterocycles. The lowest BCUT2D eigenvalue weighted by Gasteiger charge is -2.45. The zero-order valence-electron chi connectivity index (χ0n) is 40.2. The number of thioether (sulfide) groups is 1. The summed E-state index contributed by atoms with van der Waals surface area (Å²) in [4.78, 5) is 120. The summed E-state index contributed by atoms with van der Waals surface area (Å²) in [6.07, 6.45) is 4.09. The van der Waals surface area contributed by atoms with Crippen LogP contribution in [0.4, 0.5) is 22.6 Å². The molecule has 23 nitrogen and oxygen atoms in total. The predicted molar refractivity (Wildman–Crippen MR) is 254 cm³/mol. The number of likely N-dealkylation sites (N-methyl/N-ethyl adjacent to an activating group) is 2. The van der Waals surface area contributed by atoms with Crippen LogP contribution in [0, 0.1) is 5.92 Å². The van der Waals surface area contributed by atoms with Crippen LogP contribution in [0.1, 0.15) is 65.7 Å². The standard InChI is InChI=1S/C44H71N15O8S/c1-6-27(2)36-40(66)59(25-33(62)52(36)4)30(11-7-9-13-45)38(64)55-17-21-57(22-18-55)43-50-41(46-14-10-8-12-31-35-29(26-68-31)47-44(67)48-35)49-42(51-43)56-19-15-54(16-20-56)34(63)24-58-23-32(61)53(5)37(28(3)60)39(58)65/h27-31,35-37,60H,6-26,45H2,1-5H3,(H2,47,48,67)(H,46,49,50,51)/t27-,28+,29-,30-,31-,35-,36-,37-/m0/s1. The zero-order valence-corrected chi connectivity index (χ0v) is 41.0. The third-order valence-electron chi connectivity index (χ3n) is 14.5. The summed E-state index contributed by atoms with van der Waals surface area (Å²) in [6.45, 7) is 8.73. The molecule has 6 saturated heterocycles. The number of fused-ring (bicyclic) bond motifs is 1. The van der Waals surface area contributed by atoms with Crippen molar-refractivity contribution in [3.8, 4) is 0 Å². The molecule has 68 heavy (non-hydrogen) atoms. The van der Waals surface area contributed by atoms with E-state index in [9.17, 15) is 38.7 Å². The van der Waals surface area contributed by atoms with Crippen LogP contribution in [0.25, 0.3) is 0 Å². The number of unbranched alkanes of at least 4 members (excludes halogenated alkanes) is 2. The van der Waals surface area contributed by atoms with E-state index in [1.165, 1.54) is 33.6 Å². The molecule has 8 atom stereocenters. The van der Waals surface area contributed by atoms with E-state index in [1.54, 1.807) is 16.8 Å². The van der Waals surface area contributed by atoms with Gasteiger partial charge < -0.3 is 66.0 Å². The molecule has 6 fully saturated rings. The van der Waals surface area contributed by atoms with Crippen LogP contribution in [0.15, 0.2) is 0 Å². The Labute approximate surface area is 402 Å². The average molecular weight is 970 g/mol. The number of rotatable bonds is 19. The van der Waals surface area contributed by atoms with Gasteiger partial charge in [-0.1, -0.05) is 26.7 Å². The first-order chi connectivity index (χ1) is 32.6. The summed E-state index contributed by atoms with van der Waals surface area (Å²) < 4.78 is 0. The number of nitrogens with two attached hydrogens (primary N) is 1. The van der Waals surface area contributed by atoms with Gasteiger partial charge in [0.2, 0.25) is 53.3 Å². The maximum atomic E-state index is 14.4. The van der Waals surface area contributed by atoms with Gasteiger partial charge in [0, 0.05) is 84.0 Å². The Morgan fingerprint density at radius 3 is 2.07 bits per heavy atom. The van der Waals surface area contributed by atoms with Crippen molar-refractivity contribution < 1.29 is 38.7 Å². The maximum absolute atomic E-state index is 14.4. The van der Waals surface area contributed by atoms with E-state index < -0.39 is 30.1 Å². The SMILES string of the molecule is CC[C@H](C)[C@H]1C(=O)N([C@@H](CCCCN)C(=O)N2CCN(c3nc(NCCCC[C@@H]4SC[C@@H]5NC(=O)N[C@@H]54)nc(N4CCN(C(=O)CN5CC(=O)N(C)[C@@H]([C@@H](C)O)C5=O)CC4)n3)CC2)CC(=O)N1C. The van der Waals surface area contributed by atoms with Crippen molar-refractivity contribution in [2.75, 3.05) is 120 Å². The molecule has 24 heteroatoms. The second kappa shape index (κ2) is 22.5. The van der Waals surface area contributed by atoms with Crippen LogP contribution >= 0.6 is 11.8 Å². The number of carbonyl (C=O) groups excluding carboxylic acids is 7. The van der Waals surface area contributed by atoms with E-state index in [-0.39, 0.29) is 73.2 Å². The van der Waals surface area contributed by atoms with Gasteiger partial charge >= 0.3 is 6.03 Å². The molecule has 0 aliphatic carbocycles. The number of carbonyl (C=O) groups is 7. The summed E-state index contributed by atoms with van der Waals surface area (Å²) in [6, 6.07) is -2.26. The van der Waals surface area contributed by atoms with Crippen molar-refractivity contribution in [2.45, 2.75) is 107 Å². The lowest BCUT2D eigenvalue weighted by molar-refractivity contribution is -0.163. The molecule has 6 N–H and O–H groups in total. The first kappa shape index (κ1) is 50.6. The molecular weight excluding hydrogens is 899 g/mol. The first-order valence-corrected chi connectivity index (χ1v) is 25.4. The third-order valence-corrected chi connectivity index (χ3v) is 16.0. The largest absolute Gasteiger partial charge is 0.391 e. The lowest BCUT2D eigenvalue weighted by Crippen LogP contribution is -2.65. The molecule has 1 aromatic rings. The van der Waals surface area contributed by atoms with Gasteiger partial charge in [-0.3, -0.25) is 28.8 Å². The molecule has 1 aromatic heterocycles. The van der Waals surface area contributed by atoms with Crippen molar-refractivity contribution in [1.29, 1.82) is 0 Å². The molecule has 0 unspecified atom stereocenters. The van der Waals surface area contributed by atoms with Crippen LogP contribution in [0.5, 0.6) is 0 Å². The van der Waals surface area contributed by atoms with Gasteiger partial charge in [0.15, 0.2) is 0 Å². The van der Waals surface area contributed by atoms with Crippen molar-refractivity contribution in [2.24, 2.45) is 11.7 Å². The molecule has 0 spiro atoms. The van der Waals surface area contributed by atoms with E-state index in [2.05, 4.69) is 16.0 Å². The van der Waals surface area contributed by atoms with Gasteiger partial charge in [-0.25, -0.2) is 4.79 Å². The number of hydrogen-bond acceptors (Lipinski definition) is 16. The van der Waals surface area contributed by atoms with Crippen LogP contribution < -0.4 is 31.5 Å². The minimum Gasteiger partial charge on any atom is -0.391 e. The molecule has 6 aliphatic rings. The predicted octanol–water partition coefficient (Wildman–Crippen LogP) is -1.82. The van der Waals surface area contributed by atoms with Gasteiger partial charge in [-0.05, 0) is 51.5 Å². The third kappa shape index (κ3) is 11.3. The van der Waals surface area contributed by atoms with E-state index in [4.69, 9.17) is 20.7 Å². The highest BCUT2D eigenvalue weighted by Gasteiger charge is 2.46. The Morgan fingerprint density at radius 2 is 1.44 bits per heavy atom. The van der Waals surface area contributed by atoms with E-state index in [1.807, 2.05) is 35.4 Å². The lowest BCUT2D eigenvalue weighted by atomic mass is 9.93. The monoisotopic (exact) mass is 970 g/mol. The Hall–Kier alpha value is -5.23. The van der Waals surface area contributed by atoms with E-state index >= 15 is 0 Å². The van der Waals surface area contributed by atoms with Crippen molar-refractivity contribution in [3.63, 3.8) is 0 Å². The van der Waals surface area contributed by atoms with Crippen LogP contribution in [-0.2, 0) is 28.8 Å². The molecular formula is C44H71N15O8S. The highest BCUT2D eigenvalue weighted by Crippen LogP contribution is 2.33. The first-order valence-electron chi connectivity index (χ1n) is 24.3. The van der Waals surface area contributed by atoms with E-state index in [0.717, 1.165) is 25.0 Å². The number of amides is 8. The van der Waals surface area contributed by atoms with Crippen molar-refractivity contribution in [3.05, 3.63) is 0 Å². The molecule has 0 radical (unpaired) electrons. The quantitative estimate of drug-likeness (QED) is 0.0755. The van der Waals surface area contributed by atoms with Gasteiger partial charge in [0.05, 0.1) is 18.2 Å². The minimum absolute atomic E-state index is 0.0738. The van der Waals surface area contributed by atoms with Gasteiger partial charge in [-0.2, -0.15) is 26.7 Å². The summed E-state index contributed by atoms with van der Waals surface area (Å²) in [5, 5.41) is 20.0. The fourth-order valence-electron chi connectivity index (χ4n) is 10.1.